The molecule has 5 nitrogen and oxygen atoms in total. The molecule has 0 aliphatic heterocycles. The summed E-state index contributed by atoms with van der Waals surface area (Å²) in [5.41, 5.74) is -0.300. The van der Waals surface area contributed by atoms with Crippen molar-refractivity contribution in [2.45, 2.75) is 86.8 Å². The van der Waals surface area contributed by atoms with Gasteiger partial charge in [0.1, 0.15) is 12.0 Å². The van der Waals surface area contributed by atoms with E-state index in [2.05, 4.69) is 14.1 Å². The van der Waals surface area contributed by atoms with Crippen molar-refractivity contribution in [3.05, 3.63) is 0 Å². The number of hydrogen-bond donors (Lipinski definition) is 0. The predicted molar refractivity (Wildman–Crippen MR) is 91.3 cm³/mol. The molecule has 4 rings (SSSR count). The standard InChI is InChI=1S/C18H24F8O5S/c19-15(20,16(21,22)29-17(23,24)18(25,26)32-31-30-27)3-1-2-4-28-14-8-11-5-12(9-14)7-13(6-11)10-14/h11-13,27H,1-10H2/p-1. The van der Waals surface area contributed by atoms with E-state index in [1.807, 2.05) is 0 Å². The molecular weight excluding hydrogens is 480 g/mol. The molecule has 0 amide bonds. The lowest BCUT2D eigenvalue weighted by molar-refractivity contribution is -0.777. The molecular formula is C18H23F8O5S-. The lowest BCUT2D eigenvalue weighted by Crippen LogP contribution is -2.52. The zero-order chi connectivity index (χ0) is 23.8. The fraction of sp³-hybridized carbons (Fsp3) is 1.00. The summed E-state index contributed by atoms with van der Waals surface area (Å²) in [6, 6.07) is 0. The van der Waals surface area contributed by atoms with E-state index in [-0.39, 0.29) is 18.6 Å². The van der Waals surface area contributed by atoms with Crippen LogP contribution in [0.25, 0.3) is 0 Å². The molecule has 0 spiro atoms. The maximum Gasteiger partial charge on any atom is 0.436 e. The van der Waals surface area contributed by atoms with Crippen molar-refractivity contribution in [2.24, 2.45) is 17.8 Å². The van der Waals surface area contributed by atoms with Crippen LogP contribution >= 0.6 is 12.0 Å². The minimum absolute atomic E-state index is 0.0372. The maximum atomic E-state index is 13.8. The van der Waals surface area contributed by atoms with Crippen LogP contribution in [0.15, 0.2) is 0 Å². The predicted octanol–water partition coefficient (Wildman–Crippen LogP) is 5.44. The minimum atomic E-state index is -6.09. The van der Waals surface area contributed by atoms with Gasteiger partial charge in [0.2, 0.25) is 0 Å². The largest absolute Gasteiger partial charge is 0.691 e. The first-order chi connectivity index (χ1) is 14.7. The molecule has 4 aliphatic rings. The van der Waals surface area contributed by atoms with Crippen LogP contribution in [0.4, 0.5) is 35.1 Å². The second-order valence-corrected chi connectivity index (χ2v) is 9.80. The van der Waals surface area contributed by atoms with Crippen LogP contribution in [-0.2, 0) is 18.8 Å². The van der Waals surface area contributed by atoms with Gasteiger partial charge in [-0.1, -0.05) is 0 Å². The van der Waals surface area contributed by atoms with Gasteiger partial charge < -0.3 is 9.99 Å². The zero-order valence-electron chi connectivity index (χ0n) is 16.8. The Morgan fingerprint density at radius 2 is 1.34 bits per heavy atom. The summed E-state index contributed by atoms with van der Waals surface area (Å²) in [4.78, 5) is 0. The van der Waals surface area contributed by atoms with E-state index in [0.29, 0.717) is 17.8 Å². The number of ether oxygens (including phenoxy) is 2. The van der Waals surface area contributed by atoms with Crippen molar-refractivity contribution in [1.82, 2.24) is 0 Å². The molecule has 4 aliphatic carbocycles. The molecule has 0 aromatic heterocycles. The topological polar surface area (TPSA) is 60.0 Å². The first-order valence-electron chi connectivity index (χ1n) is 10.2. The molecule has 0 aromatic rings. The van der Waals surface area contributed by atoms with Crippen LogP contribution in [0, 0.1) is 17.8 Å². The number of unbranched alkanes of at least 4 members (excludes halogenated alkanes) is 1. The molecule has 0 saturated heterocycles. The SMILES string of the molecule is [O-]OOSC(F)(F)C(F)(F)OC(F)(F)C(F)(F)CCCCOC12CC3CC(CC(C3)C1)C2. The highest BCUT2D eigenvalue weighted by Gasteiger charge is 2.69. The molecule has 4 bridgehead atoms. The van der Waals surface area contributed by atoms with E-state index in [9.17, 15) is 40.4 Å². The van der Waals surface area contributed by atoms with Gasteiger partial charge in [0.15, 0.2) is 0 Å². The van der Waals surface area contributed by atoms with Crippen molar-refractivity contribution < 1.29 is 59.2 Å². The fourth-order valence-corrected chi connectivity index (χ4v) is 5.74. The van der Waals surface area contributed by atoms with Gasteiger partial charge in [0.05, 0.1) is 5.60 Å². The van der Waals surface area contributed by atoms with Crippen molar-refractivity contribution >= 4 is 12.0 Å². The monoisotopic (exact) mass is 503 g/mol. The van der Waals surface area contributed by atoms with Crippen LogP contribution in [-0.4, -0.2) is 35.6 Å². The molecule has 4 saturated carbocycles. The molecule has 0 heterocycles. The average molecular weight is 503 g/mol. The number of rotatable bonds is 13. The summed E-state index contributed by atoms with van der Waals surface area (Å²) in [5.74, 6) is -3.40. The van der Waals surface area contributed by atoms with Gasteiger partial charge in [-0.05, 0) is 69.1 Å². The van der Waals surface area contributed by atoms with Crippen LogP contribution in [0.2, 0.25) is 0 Å². The molecule has 32 heavy (non-hydrogen) atoms. The van der Waals surface area contributed by atoms with Gasteiger partial charge >= 0.3 is 23.4 Å². The third kappa shape index (κ3) is 5.62. The van der Waals surface area contributed by atoms with Crippen LogP contribution in [0.5, 0.6) is 0 Å². The number of alkyl halides is 8. The van der Waals surface area contributed by atoms with E-state index < -0.39 is 48.3 Å². The van der Waals surface area contributed by atoms with E-state index in [1.165, 1.54) is 19.3 Å². The van der Waals surface area contributed by atoms with Crippen LogP contribution in [0.3, 0.4) is 0 Å². The molecule has 4 fully saturated rings. The van der Waals surface area contributed by atoms with Crippen molar-refractivity contribution in [2.75, 3.05) is 6.61 Å². The molecule has 14 heteroatoms. The Bertz CT molecular complexity index is 616. The molecule has 0 unspecified atom stereocenters. The maximum absolute atomic E-state index is 13.8. The molecule has 0 radical (unpaired) electrons. The Balaban J connectivity index is 1.45. The minimum Gasteiger partial charge on any atom is -0.691 e. The molecule has 0 atom stereocenters. The third-order valence-electron chi connectivity index (χ3n) is 6.46. The van der Waals surface area contributed by atoms with Gasteiger partial charge in [0, 0.05) is 13.0 Å². The summed E-state index contributed by atoms with van der Waals surface area (Å²) in [7, 11) is 0. The molecule has 188 valence electrons. The summed E-state index contributed by atoms with van der Waals surface area (Å²) in [6.45, 7) is 0.0477. The van der Waals surface area contributed by atoms with Gasteiger partial charge in [-0.15, -0.1) is 0 Å². The summed E-state index contributed by atoms with van der Waals surface area (Å²) in [5, 5.41) is 6.27. The van der Waals surface area contributed by atoms with Crippen molar-refractivity contribution in [3.8, 4) is 0 Å². The smallest absolute Gasteiger partial charge is 0.436 e. The van der Waals surface area contributed by atoms with Gasteiger partial charge in [-0.3, -0.25) is 5.04 Å². The lowest BCUT2D eigenvalue weighted by Gasteiger charge is -2.56. The van der Waals surface area contributed by atoms with Crippen molar-refractivity contribution in [3.63, 3.8) is 0 Å². The summed E-state index contributed by atoms with van der Waals surface area (Å²) >= 11 is -1.65. The van der Waals surface area contributed by atoms with Gasteiger partial charge in [-0.2, -0.15) is 39.5 Å². The van der Waals surface area contributed by atoms with Gasteiger partial charge in [-0.25, -0.2) is 4.74 Å². The highest BCUT2D eigenvalue weighted by Crippen LogP contribution is 2.57. The van der Waals surface area contributed by atoms with Crippen LogP contribution in [0.1, 0.15) is 57.8 Å². The fourth-order valence-electron chi connectivity index (χ4n) is 5.49. The van der Waals surface area contributed by atoms with Crippen molar-refractivity contribution in [1.29, 1.82) is 0 Å². The highest BCUT2D eigenvalue weighted by atomic mass is 32.2. The summed E-state index contributed by atoms with van der Waals surface area (Å²) in [6.07, 6.45) is -7.97. The van der Waals surface area contributed by atoms with E-state index in [1.54, 1.807) is 0 Å². The number of hydrogen-bond acceptors (Lipinski definition) is 6. The van der Waals surface area contributed by atoms with E-state index in [4.69, 9.17) is 4.74 Å². The first kappa shape index (κ1) is 26.2. The van der Waals surface area contributed by atoms with Crippen LogP contribution < -0.4 is 5.26 Å². The van der Waals surface area contributed by atoms with E-state index >= 15 is 0 Å². The van der Waals surface area contributed by atoms with Gasteiger partial charge in [0.25, 0.3) is 0 Å². The molecule has 0 N–H and O–H groups in total. The Labute approximate surface area is 183 Å². The molecule has 0 aromatic carbocycles. The normalized spacial score (nSPS) is 30.8. The lowest BCUT2D eigenvalue weighted by atomic mass is 9.54. The number of halogens is 8. The third-order valence-corrected chi connectivity index (χ3v) is 7.03. The van der Waals surface area contributed by atoms with E-state index in [0.717, 1.165) is 19.3 Å². The quantitative estimate of drug-likeness (QED) is 0.110. The second-order valence-electron chi connectivity index (χ2n) is 8.98. The Hall–Kier alpha value is -0.410. The Morgan fingerprint density at radius 3 is 1.84 bits per heavy atom. The zero-order valence-corrected chi connectivity index (χ0v) is 17.6. The average Bonchev–Trinajstić information content (AvgIpc) is 2.63. The summed E-state index contributed by atoms with van der Waals surface area (Å²) < 4.78 is 119. The Kier molecular flexibility index (Phi) is 7.64. The Morgan fingerprint density at radius 1 is 0.812 bits per heavy atom. The second kappa shape index (κ2) is 9.33. The highest BCUT2D eigenvalue weighted by molar-refractivity contribution is 7.95. The first-order valence-corrected chi connectivity index (χ1v) is 10.9.